The number of imidazole rings is 1. The number of nitrogens with one attached hydrogen (secondary N) is 2. The molecule has 0 bridgehead atoms. The van der Waals surface area contributed by atoms with E-state index in [-0.39, 0.29) is 18.0 Å². The van der Waals surface area contributed by atoms with Crippen molar-refractivity contribution in [1.82, 2.24) is 24.9 Å². The van der Waals surface area contributed by atoms with Gasteiger partial charge in [0.2, 0.25) is 0 Å². The van der Waals surface area contributed by atoms with Crippen molar-refractivity contribution in [3.8, 4) is 17.5 Å². The number of anilines is 1. The van der Waals surface area contributed by atoms with Crippen LogP contribution in [0.25, 0.3) is 17.0 Å². The summed E-state index contributed by atoms with van der Waals surface area (Å²) >= 11 is 0. The van der Waals surface area contributed by atoms with Crippen molar-refractivity contribution in [1.29, 1.82) is 5.26 Å². The lowest BCUT2D eigenvalue weighted by atomic mass is 10.1. The van der Waals surface area contributed by atoms with Crippen molar-refractivity contribution >= 4 is 17.2 Å². The second-order valence-corrected chi connectivity index (χ2v) is 7.90. The molecule has 162 valence electrons. The second-order valence-electron chi connectivity index (χ2n) is 7.90. The van der Waals surface area contributed by atoms with E-state index in [4.69, 9.17) is 5.26 Å². The average molecular weight is 425 g/mol. The minimum Gasteiger partial charge on any atom is -0.390 e. The Morgan fingerprint density at radius 3 is 2.77 bits per heavy atom. The van der Waals surface area contributed by atoms with E-state index >= 15 is 0 Å². The fourth-order valence-corrected chi connectivity index (χ4v) is 2.89. The third kappa shape index (κ3) is 5.32. The zero-order chi connectivity index (χ0) is 22.6. The summed E-state index contributed by atoms with van der Waals surface area (Å²) in [6, 6.07) is 4.74. The first-order valence-electron chi connectivity index (χ1n) is 9.79. The maximum absolute atomic E-state index is 13.1. The standard InChI is InChI=1S/C21H24FN7O2/c1-13(8-22)28-16-7-17(18-12-26-19-6-14(9-23)10-27-29(18)19)25-11-15(16)20(30)24-5-4-21(2,3)31/h6-7,10-13,31H,4-5,8H2,1-3H3,(H,24,30)(H,25,28). The van der Waals surface area contributed by atoms with Crippen LogP contribution in [-0.2, 0) is 0 Å². The predicted molar refractivity (Wildman–Crippen MR) is 113 cm³/mol. The summed E-state index contributed by atoms with van der Waals surface area (Å²) in [5.74, 6) is -0.383. The molecule has 1 unspecified atom stereocenters. The fraction of sp³-hybridized carbons (Fsp3) is 0.381. The molecule has 3 heterocycles. The number of nitrogens with zero attached hydrogens (tertiary/aromatic N) is 5. The van der Waals surface area contributed by atoms with E-state index in [0.29, 0.717) is 34.7 Å². The van der Waals surface area contributed by atoms with Crippen molar-refractivity contribution < 1.29 is 14.3 Å². The monoisotopic (exact) mass is 425 g/mol. The van der Waals surface area contributed by atoms with Gasteiger partial charge in [-0.05, 0) is 33.3 Å². The van der Waals surface area contributed by atoms with E-state index in [9.17, 15) is 14.3 Å². The SMILES string of the molecule is CC(CF)Nc1cc(-c2cnc3cc(C#N)cnn23)ncc1C(=O)NCCC(C)(C)O. The number of pyridine rings is 1. The third-order valence-corrected chi connectivity index (χ3v) is 4.56. The molecular weight excluding hydrogens is 401 g/mol. The summed E-state index contributed by atoms with van der Waals surface area (Å²) in [6.45, 7) is 4.64. The summed E-state index contributed by atoms with van der Waals surface area (Å²) in [4.78, 5) is 21.3. The molecule has 0 aliphatic rings. The van der Waals surface area contributed by atoms with Gasteiger partial charge in [-0.2, -0.15) is 10.4 Å². The van der Waals surface area contributed by atoms with Crippen LogP contribution >= 0.6 is 0 Å². The number of carbonyl (C=O) groups is 1. The van der Waals surface area contributed by atoms with Crippen LogP contribution in [-0.4, -0.2) is 55.5 Å². The van der Waals surface area contributed by atoms with Gasteiger partial charge in [0.25, 0.3) is 5.91 Å². The minimum atomic E-state index is -0.902. The summed E-state index contributed by atoms with van der Waals surface area (Å²) in [7, 11) is 0. The Hall–Kier alpha value is -3.58. The maximum atomic E-state index is 13.1. The number of halogens is 1. The predicted octanol–water partition coefficient (Wildman–Crippen LogP) is 2.32. The molecular formula is C21H24FN7O2. The molecule has 10 heteroatoms. The Balaban J connectivity index is 1.94. The lowest BCUT2D eigenvalue weighted by Gasteiger charge is -2.19. The van der Waals surface area contributed by atoms with Gasteiger partial charge >= 0.3 is 0 Å². The zero-order valence-electron chi connectivity index (χ0n) is 17.6. The molecule has 0 aromatic carbocycles. The Morgan fingerprint density at radius 1 is 1.32 bits per heavy atom. The highest BCUT2D eigenvalue weighted by Gasteiger charge is 2.19. The highest BCUT2D eigenvalue weighted by atomic mass is 19.1. The Morgan fingerprint density at radius 2 is 2.10 bits per heavy atom. The molecule has 0 saturated carbocycles. The van der Waals surface area contributed by atoms with Gasteiger partial charge in [0, 0.05) is 18.8 Å². The first-order valence-corrected chi connectivity index (χ1v) is 9.79. The number of hydrogen-bond donors (Lipinski definition) is 3. The van der Waals surface area contributed by atoms with E-state index in [1.807, 2.05) is 6.07 Å². The minimum absolute atomic E-state index is 0.258. The average Bonchev–Trinajstić information content (AvgIpc) is 3.15. The number of amides is 1. The van der Waals surface area contributed by atoms with Gasteiger partial charge in [0.15, 0.2) is 5.65 Å². The first kappa shape index (κ1) is 22.1. The fourth-order valence-electron chi connectivity index (χ4n) is 2.89. The normalized spacial score (nSPS) is 12.4. The molecule has 0 aliphatic heterocycles. The van der Waals surface area contributed by atoms with Gasteiger partial charge in [0.1, 0.15) is 18.4 Å². The zero-order valence-corrected chi connectivity index (χ0v) is 17.6. The lowest BCUT2D eigenvalue weighted by molar-refractivity contribution is 0.0693. The molecule has 3 N–H and O–H groups in total. The van der Waals surface area contributed by atoms with Crippen LogP contribution in [0.2, 0.25) is 0 Å². The van der Waals surface area contributed by atoms with Gasteiger partial charge in [-0.25, -0.2) is 13.9 Å². The number of aliphatic hydroxyl groups is 1. The molecule has 0 saturated heterocycles. The number of alkyl halides is 1. The number of aromatic nitrogens is 4. The van der Waals surface area contributed by atoms with Crippen molar-refractivity contribution in [2.24, 2.45) is 0 Å². The van der Waals surface area contributed by atoms with Crippen LogP contribution < -0.4 is 10.6 Å². The molecule has 0 spiro atoms. The Bertz CT molecular complexity index is 1130. The summed E-state index contributed by atoms with van der Waals surface area (Å²) in [5, 5.41) is 28.8. The van der Waals surface area contributed by atoms with E-state index < -0.39 is 18.3 Å². The quantitative estimate of drug-likeness (QED) is 0.505. The van der Waals surface area contributed by atoms with E-state index in [1.54, 1.807) is 39.1 Å². The van der Waals surface area contributed by atoms with E-state index in [1.165, 1.54) is 16.9 Å². The molecule has 9 nitrogen and oxygen atoms in total. The number of fused-ring (bicyclic) bond motifs is 1. The number of rotatable bonds is 8. The molecule has 31 heavy (non-hydrogen) atoms. The molecule has 3 aromatic rings. The molecule has 0 radical (unpaired) electrons. The van der Waals surface area contributed by atoms with Gasteiger partial charge < -0.3 is 15.7 Å². The van der Waals surface area contributed by atoms with Crippen molar-refractivity contribution in [3.63, 3.8) is 0 Å². The third-order valence-electron chi connectivity index (χ3n) is 4.56. The summed E-state index contributed by atoms with van der Waals surface area (Å²) < 4.78 is 14.7. The van der Waals surface area contributed by atoms with Crippen molar-refractivity contribution in [2.45, 2.75) is 38.8 Å². The topological polar surface area (TPSA) is 128 Å². The van der Waals surface area contributed by atoms with Crippen LogP contribution in [0.4, 0.5) is 10.1 Å². The Labute approximate surface area is 178 Å². The smallest absolute Gasteiger partial charge is 0.254 e. The maximum Gasteiger partial charge on any atom is 0.254 e. The van der Waals surface area contributed by atoms with Crippen LogP contribution in [0.1, 0.15) is 43.1 Å². The van der Waals surface area contributed by atoms with Gasteiger partial charge in [-0.15, -0.1) is 0 Å². The number of nitriles is 1. The van der Waals surface area contributed by atoms with Crippen LogP contribution in [0.3, 0.4) is 0 Å². The van der Waals surface area contributed by atoms with E-state index in [2.05, 4.69) is 25.7 Å². The second kappa shape index (κ2) is 9.06. The highest BCUT2D eigenvalue weighted by molar-refractivity contribution is 5.99. The lowest BCUT2D eigenvalue weighted by Crippen LogP contribution is -2.31. The molecule has 0 fully saturated rings. The van der Waals surface area contributed by atoms with E-state index in [0.717, 1.165) is 0 Å². The number of hydrogen-bond acceptors (Lipinski definition) is 7. The van der Waals surface area contributed by atoms with Crippen LogP contribution in [0.5, 0.6) is 0 Å². The molecule has 1 atom stereocenters. The summed E-state index contributed by atoms with van der Waals surface area (Å²) in [5.41, 5.74) is 1.68. The highest BCUT2D eigenvalue weighted by Crippen LogP contribution is 2.25. The molecule has 0 aliphatic carbocycles. The molecule has 3 rings (SSSR count). The van der Waals surface area contributed by atoms with Crippen LogP contribution in [0, 0.1) is 11.3 Å². The Kier molecular flexibility index (Phi) is 6.46. The molecule has 1 amide bonds. The van der Waals surface area contributed by atoms with Gasteiger partial charge in [-0.3, -0.25) is 9.78 Å². The van der Waals surface area contributed by atoms with Gasteiger partial charge in [0.05, 0.1) is 46.5 Å². The summed E-state index contributed by atoms with van der Waals surface area (Å²) in [6.07, 6.45) is 4.78. The first-order chi connectivity index (χ1) is 14.7. The van der Waals surface area contributed by atoms with Crippen molar-refractivity contribution in [2.75, 3.05) is 18.5 Å². The van der Waals surface area contributed by atoms with Crippen LogP contribution in [0.15, 0.2) is 30.7 Å². The van der Waals surface area contributed by atoms with Gasteiger partial charge in [-0.1, -0.05) is 0 Å². The van der Waals surface area contributed by atoms with Crippen molar-refractivity contribution in [3.05, 3.63) is 41.9 Å². The number of carbonyl (C=O) groups excluding carboxylic acids is 1. The largest absolute Gasteiger partial charge is 0.390 e. The molecule has 3 aromatic heterocycles.